The highest BCUT2D eigenvalue weighted by molar-refractivity contribution is 4.98. The molecule has 1 unspecified atom stereocenters. The third-order valence-corrected chi connectivity index (χ3v) is 2.45. The van der Waals surface area contributed by atoms with E-state index in [2.05, 4.69) is 27.7 Å². The van der Waals surface area contributed by atoms with Gasteiger partial charge in [0.2, 0.25) is 0 Å². The van der Waals surface area contributed by atoms with Crippen molar-refractivity contribution in [2.24, 2.45) is 0 Å². The number of hydrogen-bond acceptors (Lipinski definition) is 2. The maximum Gasteiger partial charge on any atom is 0.105 e. The monoisotopic (exact) mass is 205 g/mol. The molecule has 1 aromatic rings. The summed E-state index contributed by atoms with van der Waals surface area (Å²) >= 11 is 0. The zero-order valence-electron chi connectivity index (χ0n) is 9.53. The lowest BCUT2D eigenvalue weighted by atomic mass is 10.2. The summed E-state index contributed by atoms with van der Waals surface area (Å²) in [7, 11) is 0. The first-order chi connectivity index (χ1) is 7.27. The molecule has 1 rings (SSSR count). The number of hydrogen-bond donors (Lipinski definition) is 1. The third kappa shape index (κ3) is 3.77. The Hall–Kier alpha value is -1.27. The fourth-order valence-electron chi connectivity index (χ4n) is 1.53. The van der Waals surface area contributed by atoms with Crippen LogP contribution in [0.2, 0.25) is 0 Å². The zero-order chi connectivity index (χ0) is 11.1. The summed E-state index contributed by atoms with van der Waals surface area (Å²) in [6, 6.07) is 0.207. The first-order valence-electron chi connectivity index (χ1n) is 5.45. The largest absolute Gasteiger partial charge is 0.334 e. The number of aryl methyl sites for hydroxylation is 1. The van der Waals surface area contributed by atoms with Crippen LogP contribution < -0.4 is 5.32 Å². The van der Waals surface area contributed by atoms with E-state index in [1.807, 2.05) is 19.3 Å². The molecule has 1 aromatic heterocycles. The van der Waals surface area contributed by atoms with Gasteiger partial charge in [-0.2, -0.15) is 0 Å². The number of aromatic nitrogens is 2. The smallest absolute Gasteiger partial charge is 0.105 e. The van der Waals surface area contributed by atoms with Crippen LogP contribution in [0.25, 0.3) is 0 Å². The second-order valence-electron chi connectivity index (χ2n) is 3.63. The highest BCUT2D eigenvalue weighted by atomic mass is 15.1. The van der Waals surface area contributed by atoms with Gasteiger partial charge in [-0.25, -0.2) is 4.98 Å². The van der Waals surface area contributed by atoms with Gasteiger partial charge >= 0.3 is 0 Å². The molecule has 0 amide bonds. The Kier molecular flexibility index (Phi) is 4.92. The minimum Gasteiger partial charge on any atom is -0.334 e. The van der Waals surface area contributed by atoms with Crippen LogP contribution in [0.4, 0.5) is 0 Å². The van der Waals surface area contributed by atoms with Crippen LogP contribution >= 0.6 is 0 Å². The highest BCUT2D eigenvalue weighted by Gasteiger charge is 2.02. The average Bonchev–Trinajstić information content (AvgIpc) is 2.63. The van der Waals surface area contributed by atoms with Gasteiger partial charge in [-0.3, -0.25) is 0 Å². The van der Waals surface area contributed by atoms with E-state index in [-0.39, 0.29) is 6.04 Å². The van der Waals surface area contributed by atoms with Crippen molar-refractivity contribution < 1.29 is 0 Å². The van der Waals surface area contributed by atoms with E-state index in [0.717, 1.165) is 31.8 Å². The molecule has 0 fully saturated rings. The van der Waals surface area contributed by atoms with Gasteiger partial charge in [0.25, 0.3) is 0 Å². The molecule has 0 spiro atoms. The molecule has 0 aliphatic carbocycles. The predicted molar refractivity (Wildman–Crippen MR) is 62.5 cm³/mol. The molecule has 0 radical (unpaired) electrons. The molecule has 3 heteroatoms. The van der Waals surface area contributed by atoms with Crippen molar-refractivity contribution in [1.29, 1.82) is 0 Å². The summed E-state index contributed by atoms with van der Waals surface area (Å²) in [6.07, 6.45) is 11.4. The van der Waals surface area contributed by atoms with Crippen LogP contribution in [0, 0.1) is 19.3 Å². The fraction of sp³-hybridized carbons (Fsp3) is 0.583. The number of nitrogens with zero attached hydrogens (tertiary/aromatic N) is 2. The van der Waals surface area contributed by atoms with Crippen LogP contribution in [-0.4, -0.2) is 22.1 Å². The molecule has 0 saturated heterocycles. The number of imidazole rings is 1. The quantitative estimate of drug-likeness (QED) is 0.715. The molecular formula is C12H19N3. The second-order valence-corrected chi connectivity index (χ2v) is 3.63. The maximum absolute atomic E-state index is 5.42. The first-order valence-corrected chi connectivity index (χ1v) is 5.45. The Morgan fingerprint density at radius 1 is 1.67 bits per heavy atom. The van der Waals surface area contributed by atoms with E-state index in [0.29, 0.717) is 0 Å². The van der Waals surface area contributed by atoms with Crippen molar-refractivity contribution in [3.05, 3.63) is 18.2 Å². The Bertz CT molecular complexity index is 322. The van der Waals surface area contributed by atoms with E-state index in [1.165, 1.54) is 0 Å². The molecule has 0 bridgehead atoms. The van der Waals surface area contributed by atoms with Crippen molar-refractivity contribution in [2.45, 2.75) is 39.3 Å². The zero-order valence-corrected chi connectivity index (χ0v) is 9.53. The van der Waals surface area contributed by atoms with Crippen molar-refractivity contribution in [3.63, 3.8) is 0 Å². The first kappa shape index (κ1) is 11.8. The number of rotatable bonds is 6. The van der Waals surface area contributed by atoms with Gasteiger partial charge in [0, 0.05) is 25.5 Å². The number of terminal acetylenes is 1. The van der Waals surface area contributed by atoms with Crippen LogP contribution in [0.1, 0.15) is 25.6 Å². The van der Waals surface area contributed by atoms with E-state index < -0.39 is 0 Å². The lowest BCUT2D eigenvalue weighted by molar-refractivity contribution is 0.523. The molecule has 0 aliphatic heterocycles. The Balaban J connectivity index is 2.27. The van der Waals surface area contributed by atoms with Crippen LogP contribution in [0.5, 0.6) is 0 Å². The third-order valence-electron chi connectivity index (χ3n) is 2.45. The molecule has 15 heavy (non-hydrogen) atoms. The second kappa shape index (κ2) is 6.26. The van der Waals surface area contributed by atoms with Crippen molar-refractivity contribution >= 4 is 0 Å². The summed E-state index contributed by atoms with van der Waals surface area (Å²) in [5.41, 5.74) is 0. The summed E-state index contributed by atoms with van der Waals surface area (Å²) in [4.78, 5) is 4.17. The fourth-order valence-corrected chi connectivity index (χ4v) is 1.53. The van der Waals surface area contributed by atoms with Gasteiger partial charge in [-0.15, -0.1) is 6.42 Å². The molecular weight excluding hydrogens is 186 g/mol. The van der Waals surface area contributed by atoms with Gasteiger partial charge in [-0.05, 0) is 13.3 Å². The predicted octanol–water partition coefficient (Wildman–Crippen LogP) is 1.58. The van der Waals surface area contributed by atoms with Crippen molar-refractivity contribution in [3.8, 4) is 12.3 Å². The van der Waals surface area contributed by atoms with E-state index in [4.69, 9.17) is 6.42 Å². The van der Waals surface area contributed by atoms with Crippen LogP contribution in [-0.2, 0) is 6.54 Å². The molecule has 1 N–H and O–H groups in total. The summed E-state index contributed by atoms with van der Waals surface area (Å²) in [6.45, 7) is 5.97. The lowest BCUT2D eigenvalue weighted by Gasteiger charge is -2.12. The van der Waals surface area contributed by atoms with Gasteiger partial charge in [0.1, 0.15) is 5.82 Å². The Labute approximate surface area is 91.9 Å². The van der Waals surface area contributed by atoms with E-state index >= 15 is 0 Å². The Morgan fingerprint density at radius 2 is 2.47 bits per heavy atom. The minimum atomic E-state index is 0.207. The number of nitrogens with one attached hydrogen (secondary N) is 1. The average molecular weight is 205 g/mol. The molecule has 0 aromatic carbocycles. The lowest BCUT2D eigenvalue weighted by Crippen LogP contribution is -2.30. The molecule has 1 heterocycles. The van der Waals surface area contributed by atoms with Gasteiger partial charge < -0.3 is 9.88 Å². The van der Waals surface area contributed by atoms with Crippen molar-refractivity contribution in [2.75, 3.05) is 6.54 Å². The summed E-state index contributed by atoms with van der Waals surface area (Å²) in [5.74, 6) is 3.81. The van der Waals surface area contributed by atoms with Gasteiger partial charge in [-0.1, -0.05) is 19.3 Å². The maximum atomic E-state index is 5.42. The Morgan fingerprint density at radius 3 is 3.00 bits per heavy atom. The van der Waals surface area contributed by atoms with Gasteiger partial charge in [0.15, 0.2) is 0 Å². The topological polar surface area (TPSA) is 29.9 Å². The molecule has 3 nitrogen and oxygen atoms in total. The van der Waals surface area contributed by atoms with Crippen molar-refractivity contribution in [1.82, 2.24) is 14.9 Å². The molecule has 82 valence electrons. The van der Waals surface area contributed by atoms with E-state index in [9.17, 15) is 0 Å². The SMILES string of the molecule is C#CC(CCC)NCCn1ccnc1C. The normalized spacial score (nSPS) is 12.3. The molecule has 1 atom stereocenters. The summed E-state index contributed by atoms with van der Waals surface area (Å²) in [5, 5.41) is 3.35. The molecule has 0 aliphatic rings. The summed E-state index contributed by atoms with van der Waals surface area (Å²) < 4.78 is 2.12. The van der Waals surface area contributed by atoms with Crippen LogP contribution in [0.3, 0.4) is 0 Å². The van der Waals surface area contributed by atoms with Gasteiger partial charge in [0.05, 0.1) is 6.04 Å². The highest BCUT2D eigenvalue weighted by Crippen LogP contribution is 1.96. The standard InChI is InChI=1S/C12H19N3/c1-4-6-12(5-2)14-8-10-15-9-7-13-11(15)3/h2,7,9,12,14H,4,6,8,10H2,1,3H3. The minimum absolute atomic E-state index is 0.207. The van der Waals surface area contributed by atoms with E-state index in [1.54, 1.807) is 0 Å². The van der Waals surface area contributed by atoms with Crippen LogP contribution in [0.15, 0.2) is 12.4 Å². The molecule has 0 saturated carbocycles.